The van der Waals surface area contributed by atoms with Gasteiger partial charge < -0.3 is 9.84 Å². The summed E-state index contributed by atoms with van der Waals surface area (Å²) in [5, 5.41) is 9.95. The van der Waals surface area contributed by atoms with Crippen molar-refractivity contribution in [3.63, 3.8) is 0 Å². The average Bonchev–Trinajstić information content (AvgIpc) is 2.79. The summed E-state index contributed by atoms with van der Waals surface area (Å²) in [5.41, 5.74) is 1.28. The molecule has 0 bridgehead atoms. The fraction of sp³-hybridized carbons (Fsp3) is 0.562. The van der Waals surface area contributed by atoms with Crippen molar-refractivity contribution in [3.05, 3.63) is 35.9 Å². The summed E-state index contributed by atoms with van der Waals surface area (Å²) in [6, 6.07) is 10.3. The van der Waals surface area contributed by atoms with Gasteiger partial charge in [-0.3, -0.25) is 4.79 Å². The van der Waals surface area contributed by atoms with E-state index in [1.54, 1.807) is 6.92 Å². The van der Waals surface area contributed by atoms with Gasteiger partial charge in [0.05, 0.1) is 18.6 Å². The van der Waals surface area contributed by atoms with Crippen molar-refractivity contribution in [2.75, 3.05) is 6.61 Å². The third-order valence-electron chi connectivity index (χ3n) is 3.96. The van der Waals surface area contributed by atoms with Crippen LogP contribution < -0.4 is 0 Å². The number of carbonyl (C=O) groups excluding carboxylic acids is 1. The number of esters is 1. The average molecular weight is 262 g/mol. The van der Waals surface area contributed by atoms with Crippen LogP contribution in [0.5, 0.6) is 0 Å². The van der Waals surface area contributed by atoms with Crippen molar-refractivity contribution in [3.8, 4) is 0 Å². The molecule has 0 unspecified atom stereocenters. The van der Waals surface area contributed by atoms with Gasteiger partial charge in [0.25, 0.3) is 0 Å². The summed E-state index contributed by atoms with van der Waals surface area (Å²) < 4.78 is 5.08. The van der Waals surface area contributed by atoms with Crippen LogP contribution in [0, 0.1) is 11.8 Å². The van der Waals surface area contributed by atoms with E-state index >= 15 is 0 Å². The van der Waals surface area contributed by atoms with E-state index in [4.69, 9.17) is 4.74 Å². The number of carbonyl (C=O) groups is 1. The van der Waals surface area contributed by atoms with Crippen LogP contribution in [0.4, 0.5) is 0 Å². The number of aliphatic hydroxyl groups is 1. The summed E-state index contributed by atoms with van der Waals surface area (Å²) in [4.78, 5) is 11.9. The van der Waals surface area contributed by atoms with E-state index in [0.717, 1.165) is 19.3 Å². The van der Waals surface area contributed by atoms with E-state index in [0.29, 0.717) is 13.0 Å². The third-order valence-corrected chi connectivity index (χ3v) is 3.96. The number of aliphatic hydroxyl groups excluding tert-OH is 1. The van der Waals surface area contributed by atoms with Gasteiger partial charge in [0.15, 0.2) is 0 Å². The van der Waals surface area contributed by atoms with Gasteiger partial charge >= 0.3 is 5.97 Å². The Hall–Kier alpha value is -1.35. The molecule has 0 spiro atoms. The van der Waals surface area contributed by atoms with Crippen molar-refractivity contribution in [2.45, 2.75) is 38.7 Å². The van der Waals surface area contributed by atoms with E-state index < -0.39 is 6.10 Å². The molecule has 1 aliphatic carbocycles. The summed E-state index contributed by atoms with van der Waals surface area (Å²) in [5.74, 6) is -0.316. The molecule has 0 aliphatic heterocycles. The lowest BCUT2D eigenvalue weighted by molar-refractivity contribution is -0.152. The zero-order valence-electron chi connectivity index (χ0n) is 11.4. The maximum Gasteiger partial charge on any atom is 0.311 e. The van der Waals surface area contributed by atoms with Crippen LogP contribution in [0.15, 0.2) is 30.3 Å². The van der Waals surface area contributed by atoms with Crippen molar-refractivity contribution in [1.82, 2.24) is 0 Å². The first-order chi connectivity index (χ1) is 9.22. The molecule has 3 nitrogen and oxygen atoms in total. The molecular weight excluding hydrogens is 240 g/mol. The number of hydrogen-bond donors (Lipinski definition) is 1. The molecule has 0 radical (unpaired) electrons. The van der Waals surface area contributed by atoms with E-state index in [9.17, 15) is 9.90 Å². The fourth-order valence-electron chi connectivity index (χ4n) is 2.97. The lowest BCUT2D eigenvalue weighted by atomic mass is 9.89. The first-order valence-corrected chi connectivity index (χ1v) is 7.11. The monoisotopic (exact) mass is 262 g/mol. The van der Waals surface area contributed by atoms with Crippen LogP contribution >= 0.6 is 0 Å². The standard InChI is InChI=1S/C16H22O3/c1-2-19-16(18)15-13(10-11-14(15)17)9-8-12-6-4-3-5-7-12/h3-7,13-15,17H,2,8-11H2,1H3/t13-,14-,15+/m0/s1. The minimum atomic E-state index is -0.528. The van der Waals surface area contributed by atoms with Gasteiger partial charge in [-0.1, -0.05) is 30.3 Å². The molecule has 3 heteroatoms. The van der Waals surface area contributed by atoms with Gasteiger partial charge in [-0.2, -0.15) is 0 Å². The lowest BCUT2D eigenvalue weighted by Crippen LogP contribution is -2.30. The molecule has 2 rings (SSSR count). The Morgan fingerprint density at radius 1 is 1.32 bits per heavy atom. The van der Waals surface area contributed by atoms with Gasteiger partial charge in [0.1, 0.15) is 0 Å². The molecule has 104 valence electrons. The Morgan fingerprint density at radius 3 is 2.74 bits per heavy atom. The highest BCUT2D eigenvalue weighted by atomic mass is 16.5. The predicted octanol–water partition coefficient (Wildman–Crippen LogP) is 2.57. The van der Waals surface area contributed by atoms with Crippen LogP contribution in [0.1, 0.15) is 31.7 Å². The maximum atomic E-state index is 11.9. The molecular formula is C16H22O3. The molecule has 1 saturated carbocycles. The van der Waals surface area contributed by atoms with E-state index in [1.807, 2.05) is 18.2 Å². The molecule has 1 aromatic rings. The van der Waals surface area contributed by atoms with Crippen LogP contribution in [0.25, 0.3) is 0 Å². The smallest absolute Gasteiger partial charge is 0.311 e. The van der Waals surface area contributed by atoms with Crippen LogP contribution in [0.2, 0.25) is 0 Å². The van der Waals surface area contributed by atoms with E-state index in [1.165, 1.54) is 5.56 Å². The Morgan fingerprint density at radius 2 is 2.05 bits per heavy atom. The summed E-state index contributed by atoms with van der Waals surface area (Å²) in [6.45, 7) is 2.19. The largest absolute Gasteiger partial charge is 0.466 e. The second kappa shape index (κ2) is 6.71. The third kappa shape index (κ3) is 3.57. The van der Waals surface area contributed by atoms with Gasteiger partial charge in [-0.05, 0) is 44.1 Å². The lowest BCUT2D eigenvalue weighted by Gasteiger charge is -2.20. The molecule has 3 atom stereocenters. The predicted molar refractivity (Wildman–Crippen MR) is 73.6 cm³/mol. The SMILES string of the molecule is CCOC(=O)[C@@H]1[C@@H](CCc2ccccc2)CC[C@@H]1O. The fourth-order valence-corrected chi connectivity index (χ4v) is 2.97. The number of rotatable bonds is 5. The minimum absolute atomic E-state index is 0.231. The van der Waals surface area contributed by atoms with Crippen molar-refractivity contribution < 1.29 is 14.6 Å². The van der Waals surface area contributed by atoms with Crippen LogP contribution in [-0.4, -0.2) is 23.8 Å². The normalized spacial score (nSPS) is 26.3. The van der Waals surface area contributed by atoms with E-state index in [2.05, 4.69) is 12.1 Å². The maximum absolute atomic E-state index is 11.9. The first kappa shape index (κ1) is 14.1. The topological polar surface area (TPSA) is 46.5 Å². The van der Waals surface area contributed by atoms with Crippen molar-refractivity contribution in [1.29, 1.82) is 0 Å². The zero-order valence-corrected chi connectivity index (χ0v) is 11.4. The Balaban J connectivity index is 1.93. The van der Waals surface area contributed by atoms with Crippen LogP contribution in [0.3, 0.4) is 0 Å². The Kier molecular flexibility index (Phi) is 4.97. The van der Waals surface area contributed by atoms with Gasteiger partial charge in [-0.15, -0.1) is 0 Å². The second-order valence-electron chi connectivity index (χ2n) is 5.21. The number of hydrogen-bond acceptors (Lipinski definition) is 3. The highest BCUT2D eigenvalue weighted by Gasteiger charge is 2.40. The highest BCUT2D eigenvalue weighted by molar-refractivity contribution is 5.73. The summed E-state index contributed by atoms with van der Waals surface area (Å²) >= 11 is 0. The zero-order chi connectivity index (χ0) is 13.7. The summed E-state index contributed by atoms with van der Waals surface area (Å²) in [7, 11) is 0. The van der Waals surface area contributed by atoms with Gasteiger partial charge in [-0.25, -0.2) is 0 Å². The van der Waals surface area contributed by atoms with Crippen LogP contribution in [-0.2, 0) is 16.0 Å². The number of aryl methyl sites for hydroxylation is 1. The molecule has 0 saturated heterocycles. The molecule has 0 heterocycles. The Bertz CT molecular complexity index is 402. The Labute approximate surface area is 114 Å². The molecule has 19 heavy (non-hydrogen) atoms. The first-order valence-electron chi connectivity index (χ1n) is 7.11. The molecule has 1 aromatic carbocycles. The molecule has 1 fully saturated rings. The number of ether oxygens (including phenoxy) is 1. The second-order valence-corrected chi connectivity index (χ2v) is 5.21. The minimum Gasteiger partial charge on any atom is -0.466 e. The highest BCUT2D eigenvalue weighted by Crippen LogP contribution is 2.36. The van der Waals surface area contributed by atoms with Crippen molar-refractivity contribution in [2.24, 2.45) is 11.8 Å². The molecule has 0 aromatic heterocycles. The van der Waals surface area contributed by atoms with E-state index in [-0.39, 0.29) is 17.8 Å². The van der Waals surface area contributed by atoms with Gasteiger partial charge in [0, 0.05) is 0 Å². The van der Waals surface area contributed by atoms with Crippen molar-refractivity contribution >= 4 is 5.97 Å². The molecule has 1 N–H and O–H groups in total. The summed E-state index contributed by atoms with van der Waals surface area (Å²) in [6.07, 6.45) is 2.99. The van der Waals surface area contributed by atoms with Gasteiger partial charge in [0.2, 0.25) is 0 Å². The molecule has 0 amide bonds. The number of benzene rings is 1. The quantitative estimate of drug-likeness (QED) is 0.830. The molecule has 1 aliphatic rings.